The van der Waals surface area contributed by atoms with E-state index in [0.29, 0.717) is 11.0 Å². The minimum Gasteiger partial charge on any atom is -0.490 e. The second-order valence-electron chi connectivity index (χ2n) is 5.88. The number of carbonyl (C=O) groups is 2. The van der Waals surface area contributed by atoms with Gasteiger partial charge in [-0.15, -0.1) is 11.3 Å². The molecule has 25 heavy (non-hydrogen) atoms. The molecule has 0 atom stereocenters. The smallest absolute Gasteiger partial charge is 0.358 e. The minimum absolute atomic E-state index is 0.122. The van der Waals surface area contributed by atoms with Crippen LogP contribution in [0.5, 0.6) is 5.75 Å². The summed E-state index contributed by atoms with van der Waals surface area (Å²) in [6.07, 6.45) is 0. The number of benzene rings is 1. The maximum atomic E-state index is 11.9. The Morgan fingerprint density at radius 3 is 2.68 bits per heavy atom. The fourth-order valence-corrected chi connectivity index (χ4v) is 3.05. The number of thiazole rings is 1. The molecule has 7 heteroatoms. The standard InChI is InChI=1S/C18H22N2O4S/c1-11(2)15-6-5-14(9-12(15)3)23-7-8-24-17(22)16-10-25-18(20-16)19-13(4)21/h5-6,9-11H,7-8H2,1-4H3,(H,19,20,21). The van der Waals surface area contributed by atoms with Crippen LogP contribution in [0, 0.1) is 6.92 Å². The zero-order chi connectivity index (χ0) is 18.4. The number of anilines is 1. The van der Waals surface area contributed by atoms with E-state index >= 15 is 0 Å². The third-order valence-electron chi connectivity index (χ3n) is 3.44. The molecule has 1 heterocycles. The van der Waals surface area contributed by atoms with Crippen LogP contribution in [0.25, 0.3) is 0 Å². The number of hydrogen-bond acceptors (Lipinski definition) is 6. The molecule has 2 rings (SSSR count). The van der Waals surface area contributed by atoms with Crippen LogP contribution in [0.15, 0.2) is 23.6 Å². The Bertz CT molecular complexity index is 755. The minimum atomic E-state index is -0.539. The van der Waals surface area contributed by atoms with Gasteiger partial charge in [-0.05, 0) is 36.1 Å². The van der Waals surface area contributed by atoms with E-state index in [1.54, 1.807) is 5.38 Å². The summed E-state index contributed by atoms with van der Waals surface area (Å²) >= 11 is 1.17. The molecule has 0 radical (unpaired) electrons. The quantitative estimate of drug-likeness (QED) is 0.599. The van der Waals surface area contributed by atoms with Crippen LogP contribution < -0.4 is 10.1 Å². The summed E-state index contributed by atoms with van der Waals surface area (Å²) in [5.41, 5.74) is 2.64. The molecule has 0 aliphatic carbocycles. The monoisotopic (exact) mass is 362 g/mol. The normalized spacial score (nSPS) is 10.6. The van der Waals surface area contributed by atoms with Crippen molar-refractivity contribution < 1.29 is 19.1 Å². The van der Waals surface area contributed by atoms with Crippen molar-refractivity contribution in [3.8, 4) is 5.75 Å². The van der Waals surface area contributed by atoms with E-state index in [4.69, 9.17) is 9.47 Å². The summed E-state index contributed by atoms with van der Waals surface area (Å²) in [6.45, 7) is 8.12. The van der Waals surface area contributed by atoms with Gasteiger partial charge in [0.25, 0.3) is 0 Å². The topological polar surface area (TPSA) is 77.5 Å². The van der Waals surface area contributed by atoms with E-state index in [2.05, 4.69) is 37.1 Å². The van der Waals surface area contributed by atoms with Crippen LogP contribution in [0.1, 0.15) is 48.3 Å². The number of aryl methyl sites for hydroxylation is 1. The van der Waals surface area contributed by atoms with Crippen molar-refractivity contribution >= 4 is 28.3 Å². The molecule has 1 aromatic heterocycles. The van der Waals surface area contributed by atoms with Crippen molar-refractivity contribution in [1.82, 2.24) is 4.98 Å². The predicted molar refractivity (Wildman–Crippen MR) is 97.5 cm³/mol. The number of rotatable bonds is 7. The number of ether oxygens (including phenoxy) is 2. The summed E-state index contributed by atoms with van der Waals surface area (Å²) in [5.74, 6) is 0.444. The van der Waals surface area contributed by atoms with E-state index in [1.165, 1.54) is 29.4 Å². The van der Waals surface area contributed by atoms with E-state index in [9.17, 15) is 9.59 Å². The highest BCUT2D eigenvalue weighted by atomic mass is 32.1. The fraction of sp³-hybridized carbons (Fsp3) is 0.389. The van der Waals surface area contributed by atoms with Crippen LogP contribution in [0.2, 0.25) is 0 Å². The molecule has 0 unspecified atom stereocenters. The van der Waals surface area contributed by atoms with Crippen molar-refractivity contribution in [2.75, 3.05) is 18.5 Å². The summed E-state index contributed by atoms with van der Waals surface area (Å²) in [4.78, 5) is 26.8. The van der Waals surface area contributed by atoms with Gasteiger partial charge in [0.2, 0.25) is 5.91 Å². The van der Waals surface area contributed by atoms with E-state index in [-0.39, 0.29) is 24.8 Å². The number of carbonyl (C=O) groups excluding carboxylic acids is 2. The Morgan fingerprint density at radius 1 is 1.28 bits per heavy atom. The van der Waals surface area contributed by atoms with E-state index < -0.39 is 5.97 Å². The fourth-order valence-electron chi connectivity index (χ4n) is 2.33. The lowest BCUT2D eigenvalue weighted by molar-refractivity contribution is -0.114. The van der Waals surface area contributed by atoms with Gasteiger partial charge in [-0.3, -0.25) is 4.79 Å². The number of nitrogens with one attached hydrogen (secondary N) is 1. The Hall–Kier alpha value is -2.41. The summed E-state index contributed by atoms with van der Waals surface area (Å²) in [7, 11) is 0. The van der Waals surface area contributed by atoms with E-state index in [1.807, 2.05) is 12.1 Å². The van der Waals surface area contributed by atoms with Gasteiger partial charge < -0.3 is 14.8 Å². The second-order valence-corrected chi connectivity index (χ2v) is 6.73. The molecule has 1 amide bonds. The summed E-state index contributed by atoms with van der Waals surface area (Å²) in [5, 5.41) is 4.44. The number of esters is 1. The first-order valence-electron chi connectivity index (χ1n) is 8.00. The Morgan fingerprint density at radius 2 is 2.04 bits per heavy atom. The zero-order valence-corrected chi connectivity index (χ0v) is 15.6. The summed E-state index contributed by atoms with van der Waals surface area (Å²) in [6, 6.07) is 5.96. The summed E-state index contributed by atoms with van der Waals surface area (Å²) < 4.78 is 10.7. The number of amides is 1. The molecule has 0 fully saturated rings. The highest BCUT2D eigenvalue weighted by Crippen LogP contribution is 2.23. The van der Waals surface area contributed by atoms with Crippen LogP contribution >= 0.6 is 11.3 Å². The van der Waals surface area contributed by atoms with Crippen molar-refractivity contribution in [2.24, 2.45) is 0 Å². The lowest BCUT2D eigenvalue weighted by Gasteiger charge is -2.12. The number of aromatic nitrogens is 1. The first-order chi connectivity index (χ1) is 11.9. The van der Waals surface area contributed by atoms with Gasteiger partial charge in [0.1, 0.15) is 19.0 Å². The molecule has 0 saturated carbocycles. The molecular weight excluding hydrogens is 340 g/mol. The van der Waals surface area contributed by atoms with Crippen molar-refractivity contribution in [3.05, 3.63) is 40.4 Å². The molecule has 0 aliphatic rings. The molecule has 134 valence electrons. The van der Waals surface area contributed by atoms with Gasteiger partial charge in [0, 0.05) is 12.3 Å². The average molecular weight is 362 g/mol. The van der Waals surface area contributed by atoms with Gasteiger partial charge in [-0.1, -0.05) is 19.9 Å². The Kier molecular flexibility index (Phi) is 6.52. The van der Waals surface area contributed by atoms with Crippen LogP contribution in [-0.2, 0) is 9.53 Å². The molecule has 1 N–H and O–H groups in total. The van der Waals surface area contributed by atoms with Crippen molar-refractivity contribution in [2.45, 2.75) is 33.6 Å². The highest BCUT2D eigenvalue weighted by Gasteiger charge is 2.13. The van der Waals surface area contributed by atoms with Gasteiger partial charge in [0.15, 0.2) is 10.8 Å². The van der Waals surface area contributed by atoms with Crippen molar-refractivity contribution in [3.63, 3.8) is 0 Å². The lowest BCUT2D eigenvalue weighted by Crippen LogP contribution is -2.13. The van der Waals surface area contributed by atoms with Crippen LogP contribution in [0.3, 0.4) is 0 Å². The van der Waals surface area contributed by atoms with Crippen molar-refractivity contribution in [1.29, 1.82) is 0 Å². The van der Waals surface area contributed by atoms with Gasteiger partial charge in [0.05, 0.1) is 0 Å². The zero-order valence-electron chi connectivity index (χ0n) is 14.8. The predicted octanol–water partition coefficient (Wildman–Crippen LogP) is 3.77. The Balaban J connectivity index is 1.79. The first kappa shape index (κ1) is 18.9. The highest BCUT2D eigenvalue weighted by molar-refractivity contribution is 7.14. The van der Waals surface area contributed by atoms with Crippen LogP contribution in [0.4, 0.5) is 5.13 Å². The third-order valence-corrected chi connectivity index (χ3v) is 4.20. The number of nitrogens with zero attached hydrogens (tertiary/aromatic N) is 1. The van der Waals surface area contributed by atoms with Gasteiger partial charge in [-0.25, -0.2) is 9.78 Å². The maximum Gasteiger partial charge on any atom is 0.358 e. The molecule has 6 nitrogen and oxygen atoms in total. The largest absolute Gasteiger partial charge is 0.490 e. The second kappa shape index (κ2) is 8.62. The van der Waals surface area contributed by atoms with Crippen LogP contribution in [-0.4, -0.2) is 30.1 Å². The molecule has 0 bridgehead atoms. The van der Waals surface area contributed by atoms with Gasteiger partial charge in [-0.2, -0.15) is 0 Å². The molecule has 2 aromatic rings. The lowest BCUT2D eigenvalue weighted by atomic mass is 9.98. The van der Waals surface area contributed by atoms with E-state index in [0.717, 1.165) is 5.75 Å². The molecule has 0 spiro atoms. The Labute approximate surface area is 151 Å². The molecule has 0 saturated heterocycles. The maximum absolute atomic E-state index is 11.9. The first-order valence-corrected chi connectivity index (χ1v) is 8.88. The third kappa shape index (κ3) is 5.56. The molecule has 0 aliphatic heterocycles. The molecular formula is C18H22N2O4S. The average Bonchev–Trinajstić information content (AvgIpc) is 2.98. The SMILES string of the molecule is CC(=O)Nc1nc(C(=O)OCCOc2ccc(C(C)C)c(C)c2)cs1. The number of hydrogen-bond donors (Lipinski definition) is 1. The van der Waals surface area contributed by atoms with Gasteiger partial charge >= 0.3 is 5.97 Å². The molecule has 1 aromatic carbocycles.